The first-order valence-corrected chi connectivity index (χ1v) is 6.37. The second-order valence-corrected chi connectivity index (χ2v) is 4.42. The van der Waals surface area contributed by atoms with Gasteiger partial charge >= 0.3 is 0 Å². The Morgan fingerprint density at radius 1 is 1.16 bits per heavy atom. The average molecular weight is 258 g/mol. The van der Waals surface area contributed by atoms with Crippen LogP contribution in [0.2, 0.25) is 0 Å². The summed E-state index contributed by atoms with van der Waals surface area (Å²) in [6.45, 7) is 0.605. The molecule has 0 atom stereocenters. The predicted molar refractivity (Wildman–Crippen MR) is 74.6 cm³/mol. The highest BCUT2D eigenvalue weighted by atomic mass is 16.3. The zero-order valence-corrected chi connectivity index (χ0v) is 10.8. The molecule has 1 heterocycles. The van der Waals surface area contributed by atoms with Crippen LogP contribution in [0.25, 0.3) is 0 Å². The first-order chi connectivity index (χ1) is 9.24. The third kappa shape index (κ3) is 4.50. The van der Waals surface area contributed by atoms with E-state index in [0.717, 1.165) is 29.9 Å². The minimum absolute atomic E-state index is 0.0587. The van der Waals surface area contributed by atoms with Crippen LogP contribution < -0.4 is 11.1 Å². The summed E-state index contributed by atoms with van der Waals surface area (Å²) < 4.78 is 5.19. The van der Waals surface area contributed by atoms with E-state index in [-0.39, 0.29) is 5.91 Å². The molecule has 0 aliphatic carbocycles. The Hall–Kier alpha value is -2.23. The predicted octanol–water partition coefficient (Wildman–Crippen LogP) is 2.15. The molecule has 3 N–H and O–H groups in total. The third-order valence-corrected chi connectivity index (χ3v) is 2.89. The van der Waals surface area contributed by atoms with Gasteiger partial charge in [-0.05, 0) is 36.2 Å². The second-order valence-electron chi connectivity index (χ2n) is 4.42. The molecule has 1 aromatic carbocycles. The van der Waals surface area contributed by atoms with E-state index in [4.69, 9.17) is 10.2 Å². The highest BCUT2D eigenvalue weighted by molar-refractivity contribution is 5.76. The number of carbonyl (C=O) groups is 1. The van der Waals surface area contributed by atoms with Crippen LogP contribution in [0.5, 0.6) is 0 Å². The molecule has 1 amide bonds. The normalized spacial score (nSPS) is 10.3. The average Bonchev–Trinajstić information content (AvgIpc) is 2.91. The molecule has 4 nitrogen and oxygen atoms in total. The number of anilines is 1. The van der Waals surface area contributed by atoms with Gasteiger partial charge in [0, 0.05) is 25.1 Å². The number of aryl methyl sites for hydroxylation is 1. The van der Waals surface area contributed by atoms with Crippen molar-refractivity contribution in [1.29, 1.82) is 0 Å². The molecular weight excluding hydrogens is 240 g/mol. The van der Waals surface area contributed by atoms with E-state index in [1.54, 1.807) is 6.26 Å². The first kappa shape index (κ1) is 13.2. The van der Waals surface area contributed by atoms with Crippen LogP contribution in [-0.2, 0) is 17.6 Å². The highest BCUT2D eigenvalue weighted by Crippen LogP contribution is 2.07. The van der Waals surface area contributed by atoms with Crippen molar-refractivity contribution >= 4 is 11.6 Å². The molecule has 100 valence electrons. The maximum absolute atomic E-state index is 11.6. The summed E-state index contributed by atoms with van der Waals surface area (Å²) in [5, 5.41) is 2.88. The van der Waals surface area contributed by atoms with Crippen molar-refractivity contribution < 1.29 is 9.21 Å². The molecule has 0 fully saturated rings. The minimum Gasteiger partial charge on any atom is -0.469 e. The van der Waals surface area contributed by atoms with E-state index in [1.165, 1.54) is 0 Å². The topological polar surface area (TPSA) is 68.3 Å². The Balaban J connectivity index is 1.65. The van der Waals surface area contributed by atoms with Crippen molar-refractivity contribution in [2.75, 3.05) is 12.3 Å². The summed E-state index contributed by atoms with van der Waals surface area (Å²) in [5.74, 6) is 0.946. The van der Waals surface area contributed by atoms with Gasteiger partial charge in [0.1, 0.15) is 5.76 Å². The quantitative estimate of drug-likeness (QED) is 0.780. The van der Waals surface area contributed by atoms with Crippen LogP contribution in [0.1, 0.15) is 17.7 Å². The maximum atomic E-state index is 11.6. The first-order valence-electron chi connectivity index (χ1n) is 6.37. The summed E-state index contributed by atoms with van der Waals surface area (Å²) in [5.41, 5.74) is 7.47. The molecule has 4 heteroatoms. The Kier molecular flexibility index (Phi) is 4.61. The van der Waals surface area contributed by atoms with Gasteiger partial charge in [-0.2, -0.15) is 0 Å². The van der Waals surface area contributed by atoms with E-state index in [1.807, 2.05) is 36.4 Å². The summed E-state index contributed by atoms with van der Waals surface area (Å²) in [6, 6.07) is 11.4. The fourth-order valence-electron chi connectivity index (χ4n) is 1.81. The number of benzene rings is 1. The van der Waals surface area contributed by atoms with Gasteiger partial charge in [-0.15, -0.1) is 0 Å². The number of nitrogen functional groups attached to an aromatic ring is 1. The second kappa shape index (κ2) is 6.64. The number of furan rings is 1. The molecule has 0 aliphatic heterocycles. The minimum atomic E-state index is 0.0587. The number of amides is 1. The molecule has 0 aliphatic rings. The molecule has 0 bridgehead atoms. The summed E-state index contributed by atoms with van der Waals surface area (Å²) >= 11 is 0. The lowest BCUT2D eigenvalue weighted by atomic mass is 10.1. The van der Waals surface area contributed by atoms with Crippen LogP contribution >= 0.6 is 0 Å². The molecule has 1 aromatic heterocycles. The largest absolute Gasteiger partial charge is 0.469 e. The lowest BCUT2D eigenvalue weighted by molar-refractivity contribution is -0.121. The number of hydrogen-bond acceptors (Lipinski definition) is 3. The number of rotatable bonds is 6. The van der Waals surface area contributed by atoms with Crippen LogP contribution in [0.15, 0.2) is 47.1 Å². The van der Waals surface area contributed by atoms with Crippen molar-refractivity contribution in [3.8, 4) is 0 Å². The van der Waals surface area contributed by atoms with Crippen molar-refractivity contribution in [3.05, 3.63) is 54.0 Å². The molecule has 2 aromatic rings. The van der Waals surface area contributed by atoms with Crippen LogP contribution in [-0.4, -0.2) is 12.5 Å². The Bertz CT molecular complexity index is 503. The van der Waals surface area contributed by atoms with Gasteiger partial charge in [-0.1, -0.05) is 12.1 Å². The summed E-state index contributed by atoms with van der Waals surface area (Å²) in [4.78, 5) is 11.6. The van der Waals surface area contributed by atoms with E-state index in [2.05, 4.69) is 5.32 Å². The van der Waals surface area contributed by atoms with Crippen molar-refractivity contribution in [2.45, 2.75) is 19.3 Å². The lowest BCUT2D eigenvalue weighted by Crippen LogP contribution is -2.25. The number of hydrogen-bond donors (Lipinski definition) is 2. The van der Waals surface area contributed by atoms with E-state index < -0.39 is 0 Å². The number of nitrogens with two attached hydrogens (primary N) is 1. The molecule has 0 unspecified atom stereocenters. The summed E-state index contributed by atoms with van der Waals surface area (Å²) in [6.07, 6.45) is 3.58. The molecule has 0 spiro atoms. The SMILES string of the molecule is Nc1ccc(CCC(=O)NCCc2ccco2)cc1. The Labute approximate surface area is 112 Å². The zero-order valence-electron chi connectivity index (χ0n) is 10.8. The molecule has 19 heavy (non-hydrogen) atoms. The molecule has 0 saturated heterocycles. The van der Waals surface area contributed by atoms with E-state index in [9.17, 15) is 4.79 Å². The zero-order chi connectivity index (χ0) is 13.5. The van der Waals surface area contributed by atoms with Crippen LogP contribution in [0.4, 0.5) is 5.69 Å². The highest BCUT2D eigenvalue weighted by Gasteiger charge is 2.02. The van der Waals surface area contributed by atoms with Crippen molar-refractivity contribution in [1.82, 2.24) is 5.32 Å². The number of nitrogens with one attached hydrogen (secondary N) is 1. The Morgan fingerprint density at radius 2 is 1.95 bits per heavy atom. The maximum Gasteiger partial charge on any atom is 0.220 e. The van der Waals surface area contributed by atoms with Crippen LogP contribution in [0.3, 0.4) is 0 Å². The van der Waals surface area contributed by atoms with Crippen LogP contribution in [0, 0.1) is 0 Å². The third-order valence-electron chi connectivity index (χ3n) is 2.89. The monoisotopic (exact) mass is 258 g/mol. The smallest absolute Gasteiger partial charge is 0.220 e. The van der Waals surface area contributed by atoms with Gasteiger partial charge in [0.05, 0.1) is 6.26 Å². The van der Waals surface area contributed by atoms with Gasteiger partial charge in [0.25, 0.3) is 0 Å². The standard InChI is InChI=1S/C15H18N2O2/c16-13-6-3-12(4-7-13)5-8-15(18)17-10-9-14-2-1-11-19-14/h1-4,6-7,11H,5,8-10,16H2,(H,17,18). The van der Waals surface area contributed by atoms with E-state index in [0.29, 0.717) is 13.0 Å². The molecule has 2 rings (SSSR count). The number of carbonyl (C=O) groups excluding carboxylic acids is 1. The fourth-order valence-corrected chi connectivity index (χ4v) is 1.81. The van der Waals surface area contributed by atoms with Gasteiger partial charge in [-0.25, -0.2) is 0 Å². The van der Waals surface area contributed by atoms with Crippen molar-refractivity contribution in [3.63, 3.8) is 0 Å². The van der Waals surface area contributed by atoms with Crippen molar-refractivity contribution in [2.24, 2.45) is 0 Å². The van der Waals surface area contributed by atoms with Gasteiger partial charge < -0.3 is 15.5 Å². The Morgan fingerprint density at radius 3 is 2.63 bits per heavy atom. The van der Waals surface area contributed by atoms with Gasteiger partial charge in [-0.3, -0.25) is 4.79 Å². The molecule has 0 saturated carbocycles. The molecular formula is C15H18N2O2. The lowest BCUT2D eigenvalue weighted by Gasteiger charge is -2.04. The van der Waals surface area contributed by atoms with Gasteiger partial charge in [0.2, 0.25) is 5.91 Å². The fraction of sp³-hybridized carbons (Fsp3) is 0.267. The molecule has 0 radical (unpaired) electrons. The van der Waals surface area contributed by atoms with Gasteiger partial charge in [0.15, 0.2) is 0 Å². The summed E-state index contributed by atoms with van der Waals surface area (Å²) in [7, 11) is 0. The van der Waals surface area contributed by atoms with E-state index >= 15 is 0 Å².